The summed E-state index contributed by atoms with van der Waals surface area (Å²) in [7, 11) is 1.85. The summed E-state index contributed by atoms with van der Waals surface area (Å²) in [5.41, 5.74) is 3.70. The zero-order valence-electron chi connectivity index (χ0n) is 20.6. The first-order valence-corrected chi connectivity index (χ1v) is 12.4. The Labute approximate surface area is 205 Å². The Morgan fingerprint density at radius 2 is 1.62 bits per heavy atom. The third kappa shape index (κ3) is 6.47. The fourth-order valence-corrected chi connectivity index (χ4v) is 4.18. The van der Waals surface area contributed by atoms with Gasteiger partial charge in [0, 0.05) is 18.3 Å². The van der Waals surface area contributed by atoms with Crippen LogP contribution < -0.4 is 10.6 Å². The van der Waals surface area contributed by atoms with Crippen molar-refractivity contribution in [2.75, 3.05) is 11.1 Å². The third-order valence-electron chi connectivity index (χ3n) is 5.61. The van der Waals surface area contributed by atoms with Gasteiger partial charge in [-0.15, -0.1) is 10.2 Å². The van der Waals surface area contributed by atoms with Crippen molar-refractivity contribution in [2.24, 2.45) is 13.0 Å². The molecule has 0 saturated carbocycles. The number of hydrogen-bond donors (Lipinski definition) is 2. The van der Waals surface area contributed by atoms with Crippen LogP contribution in [0.2, 0.25) is 0 Å². The minimum absolute atomic E-state index is 0.104. The fraction of sp³-hybridized carbons (Fsp3) is 0.385. The van der Waals surface area contributed by atoms with Crippen LogP contribution in [-0.2, 0) is 11.8 Å². The number of aromatic nitrogens is 3. The number of aryl methyl sites for hydroxylation is 1. The van der Waals surface area contributed by atoms with Crippen LogP contribution in [0.15, 0.2) is 53.7 Å². The Morgan fingerprint density at radius 3 is 2.21 bits per heavy atom. The molecule has 34 heavy (non-hydrogen) atoms. The van der Waals surface area contributed by atoms with Crippen LogP contribution in [0.4, 0.5) is 5.69 Å². The van der Waals surface area contributed by atoms with Crippen molar-refractivity contribution in [3.8, 4) is 0 Å². The van der Waals surface area contributed by atoms with Gasteiger partial charge in [-0.1, -0.05) is 69.3 Å². The zero-order chi connectivity index (χ0) is 24.8. The highest BCUT2D eigenvalue weighted by atomic mass is 32.2. The molecular weight excluding hydrogens is 446 g/mol. The Hall–Kier alpha value is -3.13. The Morgan fingerprint density at radius 1 is 0.971 bits per heavy atom. The van der Waals surface area contributed by atoms with E-state index in [1.54, 1.807) is 0 Å². The molecule has 1 heterocycles. The number of carbonyl (C=O) groups is 2. The van der Waals surface area contributed by atoms with E-state index in [1.165, 1.54) is 17.3 Å². The van der Waals surface area contributed by atoms with Crippen molar-refractivity contribution in [3.05, 3.63) is 71.0 Å². The van der Waals surface area contributed by atoms with E-state index in [4.69, 9.17) is 0 Å². The van der Waals surface area contributed by atoms with Crippen LogP contribution in [-0.4, -0.2) is 32.3 Å². The van der Waals surface area contributed by atoms with Crippen LogP contribution >= 0.6 is 11.8 Å². The molecule has 0 unspecified atom stereocenters. The second-order valence-electron chi connectivity index (χ2n) is 9.07. The zero-order valence-corrected chi connectivity index (χ0v) is 21.4. The summed E-state index contributed by atoms with van der Waals surface area (Å²) < 4.78 is 1.84. The van der Waals surface area contributed by atoms with E-state index >= 15 is 0 Å². The summed E-state index contributed by atoms with van der Waals surface area (Å²) in [6.07, 6.45) is 0. The molecule has 1 atom stereocenters. The number of rotatable bonds is 9. The van der Waals surface area contributed by atoms with Gasteiger partial charge < -0.3 is 15.2 Å². The van der Waals surface area contributed by atoms with Crippen LogP contribution in [0.5, 0.6) is 0 Å². The van der Waals surface area contributed by atoms with Gasteiger partial charge in [0.2, 0.25) is 5.91 Å². The van der Waals surface area contributed by atoms with Gasteiger partial charge in [-0.05, 0) is 48.6 Å². The van der Waals surface area contributed by atoms with E-state index < -0.39 is 0 Å². The molecule has 2 aromatic carbocycles. The van der Waals surface area contributed by atoms with Crippen molar-refractivity contribution < 1.29 is 9.59 Å². The highest BCUT2D eigenvalue weighted by Crippen LogP contribution is 2.25. The number of anilines is 1. The van der Waals surface area contributed by atoms with Gasteiger partial charge in [0.15, 0.2) is 11.0 Å². The summed E-state index contributed by atoms with van der Waals surface area (Å²) >= 11 is 1.31. The predicted octanol–water partition coefficient (Wildman–Crippen LogP) is 5.10. The fourth-order valence-electron chi connectivity index (χ4n) is 3.46. The molecule has 0 aliphatic carbocycles. The summed E-state index contributed by atoms with van der Waals surface area (Å²) in [6, 6.07) is 15.0. The normalized spacial score (nSPS) is 12.1. The van der Waals surface area contributed by atoms with E-state index in [2.05, 4.69) is 34.7 Å². The molecule has 0 fully saturated rings. The van der Waals surface area contributed by atoms with Crippen molar-refractivity contribution in [2.45, 2.75) is 51.7 Å². The first-order valence-electron chi connectivity index (χ1n) is 11.4. The summed E-state index contributed by atoms with van der Waals surface area (Å²) in [4.78, 5) is 25.2. The van der Waals surface area contributed by atoms with Gasteiger partial charge >= 0.3 is 0 Å². The molecular formula is C26H33N5O2S. The maximum Gasteiger partial charge on any atom is 0.251 e. The highest BCUT2D eigenvalue weighted by molar-refractivity contribution is 7.99. The number of amides is 2. The maximum atomic E-state index is 12.8. The lowest BCUT2D eigenvalue weighted by molar-refractivity contribution is -0.113. The van der Waals surface area contributed by atoms with Gasteiger partial charge in [0.05, 0.1) is 11.8 Å². The number of nitrogens with zero attached hydrogens (tertiary/aromatic N) is 3. The van der Waals surface area contributed by atoms with Gasteiger partial charge in [0.1, 0.15) is 0 Å². The van der Waals surface area contributed by atoms with Crippen molar-refractivity contribution >= 4 is 29.3 Å². The molecule has 3 aromatic rings. The van der Waals surface area contributed by atoms with Crippen molar-refractivity contribution in [1.82, 2.24) is 20.1 Å². The lowest BCUT2D eigenvalue weighted by Gasteiger charge is -2.21. The molecule has 2 amide bonds. The SMILES string of the molecule is Cc1ccc(C(=O)N[C@@H](c2nnc(SCC(=O)Nc3ccc(C(C)C)cc3)n2C)C(C)C)cc1. The minimum atomic E-state index is -0.311. The van der Waals surface area contributed by atoms with Gasteiger partial charge in [-0.25, -0.2) is 0 Å². The van der Waals surface area contributed by atoms with Crippen LogP contribution in [0.1, 0.15) is 67.0 Å². The van der Waals surface area contributed by atoms with Crippen LogP contribution in [0, 0.1) is 12.8 Å². The van der Waals surface area contributed by atoms with Crippen molar-refractivity contribution in [3.63, 3.8) is 0 Å². The Kier molecular flexibility index (Phi) is 8.50. The number of thioether (sulfide) groups is 1. The molecule has 3 rings (SSSR count). The number of benzene rings is 2. The second-order valence-corrected chi connectivity index (χ2v) is 10.0. The number of nitrogens with one attached hydrogen (secondary N) is 2. The predicted molar refractivity (Wildman–Crippen MR) is 137 cm³/mol. The minimum Gasteiger partial charge on any atom is -0.342 e. The van der Waals surface area contributed by atoms with E-state index in [0.717, 1.165) is 11.3 Å². The number of hydrogen-bond acceptors (Lipinski definition) is 5. The second kappa shape index (κ2) is 11.3. The first kappa shape index (κ1) is 25.5. The largest absolute Gasteiger partial charge is 0.342 e. The number of carbonyl (C=O) groups excluding carboxylic acids is 2. The maximum absolute atomic E-state index is 12.8. The summed E-state index contributed by atoms with van der Waals surface area (Å²) in [5.74, 6) is 1.15. The first-order chi connectivity index (χ1) is 16.2. The van der Waals surface area contributed by atoms with E-state index in [9.17, 15) is 9.59 Å². The van der Waals surface area contributed by atoms with Crippen molar-refractivity contribution in [1.29, 1.82) is 0 Å². The van der Waals surface area contributed by atoms with E-state index in [1.807, 2.05) is 80.9 Å². The van der Waals surface area contributed by atoms with Crippen LogP contribution in [0.25, 0.3) is 0 Å². The molecule has 0 spiro atoms. The molecule has 0 aliphatic rings. The van der Waals surface area contributed by atoms with Gasteiger partial charge in [-0.2, -0.15) is 0 Å². The Bertz CT molecular complexity index is 1120. The molecule has 0 saturated heterocycles. The molecule has 0 radical (unpaired) electrons. The van der Waals surface area contributed by atoms with E-state index in [0.29, 0.717) is 22.5 Å². The monoisotopic (exact) mass is 479 g/mol. The van der Waals surface area contributed by atoms with Gasteiger partial charge in [0.25, 0.3) is 5.91 Å². The molecule has 1 aromatic heterocycles. The van der Waals surface area contributed by atoms with Crippen LogP contribution in [0.3, 0.4) is 0 Å². The average molecular weight is 480 g/mol. The molecule has 0 aliphatic heterocycles. The molecule has 2 N–H and O–H groups in total. The highest BCUT2D eigenvalue weighted by Gasteiger charge is 2.25. The summed E-state index contributed by atoms with van der Waals surface area (Å²) in [6.45, 7) is 10.3. The average Bonchev–Trinajstić information content (AvgIpc) is 3.16. The molecule has 0 bridgehead atoms. The summed E-state index contributed by atoms with van der Waals surface area (Å²) in [5, 5.41) is 15.2. The molecule has 8 heteroatoms. The Balaban J connectivity index is 1.63. The lowest BCUT2D eigenvalue weighted by Crippen LogP contribution is -2.33. The smallest absolute Gasteiger partial charge is 0.251 e. The quantitative estimate of drug-likeness (QED) is 0.417. The van der Waals surface area contributed by atoms with Gasteiger partial charge in [-0.3, -0.25) is 9.59 Å². The molecule has 180 valence electrons. The molecule has 7 nitrogen and oxygen atoms in total. The topological polar surface area (TPSA) is 88.9 Å². The lowest BCUT2D eigenvalue weighted by atomic mass is 10.0. The van der Waals surface area contributed by atoms with E-state index in [-0.39, 0.29) is 29.5 Å². The standard InChI is InChI=1S/C26H33N5O2S/c1-16(2)19-11-13-21(14-12-19)27-22(32)15-34-26-30-29-24(31(26)6)23(17(3)4)28-25(33)20-9-7-18(5)8-10-20/h7-14,16-17,23H,15H2,1-6H3,(H,27,32)(H,28,33)/t23-/m1/s1. The third-order valence-corrected chi connectivity index (χ3v) is 6.63.